The molecule has 6 nitrogen and oxygen atoms in total. The molecule has 126 valence electrons. The van der Waals surface area contributed by atoms with Crippen molar-refractivity contribution < 1.29 is 19.1 Å². The summed E-state index contributed by atoms with van der Waals surface area (Å²) in [6.45, 7) is 3.19. The van der Waals surface area contributed by atoms with E-state index in [1.165, 1.54) is 11.3 Å². The van der Waals surface area contributed by atoms with Crippen molar-refractivity contribution in [3.8, 4) is 0 Å². The highest BCUT2D eigenvalue weighted by Crippen LogP contribution is 2.34. The molecular formula is C16H15BrN2O4S. The fourth-order valence-corrected chi connectivity index (χ4v) is 3.37. The van der Waals surface area contributed by atoms with Crippen LogP contribution in [0.2, 0.25) is 0 Å². The summed E-state index contributed by atoms with van der Waals surface area (Å²) in [6.07, 6.45) is -1.03. The van der Waals surface area contributed by atoms with Gasteiger partial charge in [-0.25, -0.2) is 4.79 Å². The van der Waals surface area contributed by atoms with Gasteiger partial charge in [-0.2, -0.15) is 0 Å². The van der Waals surface area contributed by atoms with E-state index in [4.69, 9.17) is 5.73 Å². The Morgan fingerprint density at radius 3 is 2.42 bits per heavy atom. The summed E-state index contributed by atoms with van der Waals surface area (Å²) < 4.78 is 5.32. The Hall–Kier alpha value is -2.19. The predicted molar refractivity (Wildman–Crippen MR) is 95.5 cm³/mol. The van der Waals surface area contributed by atoms with E-state index in [1.54, 1.807) is 24.3 Å². The van der Waals surface area contributed by atoms with Crippen molar-refractivity contribution in [3.05, 3.63) is 50.3 Å². The van der Waals surface area contributed by atoms with E-state index in [0.717, 1.165) is 14.9 Å². The van der Waals surface area contributed by atoms with Crippen molar-refractivity contribution in [2.45, 2.75) is 13.8 Å². The summed E-state index contributed by atoms with van der Waals surface area (Å²) in [6, 6.07) is 6.98. The number of ether oxygens (including phenoxy) is 1. The van der Waals surface area contributed by atoms with Gasteiger partial charge in [0, 0.05) is 14.9 Å². The standard InChI is InChI=1S/C16H15BrN2O4S/c1-8-9(2)24-15(19-12(20)7-23-16(18)22)13(8)14(21)10-3-5-11(17)6-4-10/h3-6H,7H2,1-2H3,(H2,18,22)(H,19,20). The average Bonchev–Trinajstić information content (AvgIpc) is 2.79. The zero-order valence-electron chi connectivity index (χ0n) is 13.0. The molecule has 2 amide bonds. The zero-order chi connectivity index (χ0) is 17.9. The monoisotopic (exact) mass is 410 g/mol. The number of aryl methyl sites for hydroxylation is 1. The number of hydrogen-bond acceptors (Lipinski definition) is 5. The van der Waals surface area contributed by atoms with Crippen LogP contribution in [-0.4, -0.2) is 24.4 Å². The van der Waals surface area contributed by atoms with Crippen LogP contribution < -0.4 is 11.1 Å². The first-order valence-electron chi connectivity index (χ1n) is 6.92. The van der Waals surface area contributed by atoms with Crippen molar-refractivity contribution in [3.63, 3.8) is 0 Å². The molecule has 1 heterocycles. The Morgan fingerprint density at radius 1 is 1.21 bits per heavy atom. The molecule has 0 atom stereocenters. The zero-order valence-corrected chi connectivity index (χ0v) is 15.4. The van der Waals surface area contributed by atoms with Crippen LogP contribution in [-0.2, 0) is 9.53 Å². The molecule has 24 heavy (non-hydrogen) atoms. The van der Waals surface area contributed by atoms with Crippen molar-refractivity contribution in [1.29, 1.82) is 0 Å². The molecule has 1 aromatic carbocycles. The lowest BCUT2D eigenvalue weighted by Crippen LogP contribution is -2.24. The number of carbonyl (C=O) groups excluding carboxylic acids is 3. The number of halogens is 1. The maximum Gasteiger partial charge on any atom is 0.405 e. The van der Waals surface area contributed by atoms with Crippen molar-refractivity contribution in [2.24, 2.45) is 5.73 Å². The van der Waals surface area contributed by atoms with Crippen molar-refractivity contribution in [1.82, 2.24) is 0 Å². The highest BCUT2D eigenvalue weighted by molar-refractivity contribution is 9.10. The van der Waals surface area contributed by atoms with E-state index in [9.17, 15) is 14.4 Å². The van der Waals surface area contributed by atoms with Gasteiger partial charge in [0.05, 0.1) is 5.56 Å². The van der Waals surface area contributed by atoms with Gasteiger partial charge in [0.1, 0.15) is 5.00 Å². The SMILES string of the molecule is Cc1sc(NC(=O)COC(N)=O)c(C(=O)c2ccc(Br)cc2)c1C. The molecule has 0 saturated carbocycles. The highest BCUT2D eigenvalue weighted by atomic mass is 79.9. The molecular weight excluding hydrogens is 396 g/mol. The van der Waals surface area contributed by atoms with E-state index in [0.29, 0.717) is 16.1 Å². The molecule has 2 rings (SSSR count). The first-order chi connectivity index (χ1) is 11.3. The number of rotatable bonds is 5. The number of amides is 2. The van der Waals surface area contributed by atoms with Gasteiger partial charge in [0.25, 0.3) is 5.91 Å². The lowest BCUT2D eigenvalue weighted by Gasteiger charge is -2.07. The van der Waals surface area contributed by atoms with E-state index in [1.807, 2.05) is 13.8 Å². The van der Waals surface area contributed by atoms with Gasteiger partial charge >= 0.3 is 6.09 Å². The van der Waals surface area contributed by atoms with Crippen LogP contribution in [0.4, 0.5) is 9.80 Å². The maximum absolute atomic E-state index is 12.8. The molecule has 0 fully saturated rings. The number of hydrogen-bond donors (Lipinski definition) is 2. The smallest absolute Gasteiger partial charge is 0.405 e. The Bertz CT molecular complexity index is 799. The minimum Gasteiger partial charge on any atom is -0.440 e. The lowest BCUT2D eigenvalue weighted by molar-refractivity contribution is -0.118. The number of benzene rings is 1. The van der Waals surface area contributed by atoms with Crippen LogP contribution in [0, 0.1) is 13.8 Å². The average molecular weight is 411 g/mol. The van der Waals surface area contributed by atoms with Crippen molar-refractivity contribution >= 4 is 50.1 Å². The summed E-state index contributed by atoms with van der Waals surface area (Å²) in [7, 11) is 0. The fourth-order valence-electron chi connectivity index (χ4n) is 2.03. The van der Waals surface area contributed by atoms with Gasteiger partial charge in [-0.3, -0.25) is 9.59 Å². The quantitative estimate of drug-likeness (QED) is 0.737. The number of nitrogens with one attached hydrogen (secondary N) is 1. The van der Waals surface area contributed by atoms with Gasteiger partial charge in [-0.05, 0) is 43.7 Å². The first-order valence-corrected chi connectivity index (χ1v) is 8.53. The number of carbonyl (C=O) groups is 3. The Balaban J connectivity index is 2.29. The molecule has 0 spiro atoms. The van der Waals surface area contributed by atoms with Gasteiger partial charge in [-0.15, -0.1) is 11.3 Å². The third kappa shape index (κ3) is 4.21. The molecule has 0 saturated heterocycles. The largest absolute Gasteiger partial charge is 0.440 e. The van der Waals surface area contributed by atoms with E-state index in [2.05, 4.69) is 26.0 Å². The molecule has 1 aromatic heterocycles. The number of primary amides is 1. The van der Waals surface area contributed by atoms with Crippen molar-refractivity contribution in [2.75, 3.05) is 11.9 Å². The molecule has 8 heteroatoms. The molecule has 0 bridgehead atoms. The minimum atomic E-state index is -1.03. The molecule has 0 unspecified atom stereocenters. The Morgan fingerprint density at radius 2 is 1.83 bits per heavy atom. The number of anilines is 1. The van der Waals surface area contributed by atoms with Crippen LogP contribution in [0.15, 0.2) is 28.7 Å². The van der Waals surface area contributed by atoms with Gasteiger partial charge < -0.3 is 15.8 Å². The molecule has 0 radical (unpaired) electrons. The molecule has 2 aromatic rings. The summed E-state index contributed by atoms with van der Waals surface area (Å²) in [5, 5.41) is 3.03. The van der Waals surface area contributed by atoms with Crippen LogP contribution >= 0.6 is 27.3 Å². The van der Waals surface area contributed by atoms with E-state index >= 15 is 0 Å². The maximum atomic E-state index is 12.8. The normalized spacial score (nSPS) is 10.3. The van der Waals surface area contributed by atoms with Crippen LogP contribution in [0.1, 0.15) is 26.4 Å². The third-order valence-corrected chi connectivity index (χ3v) is 4.97. The van der Waals surface area contributed by atoms with Crippen LogP contribution in [0.25, 0.3) is 0 Å². The summed E-state index contributed by atoms with van der Waals surface area (Å²) >= 11 is 4.62. The highest BCUT2D eigenvalue weighted by Gasteiger charge is 2.22. The third-order valence-electron chi connectivity index (χ3n) is 3.32. The van der Waals surface area contributed by atoms with E-state index in [-0.39, 0.29) is 5.78 Å². The minimum absolute atomic E-state index is 0.185. The number of nitrogens with two attached hydrogens (primary N) is 1. The fraction of sp³-hybridized carbons (Fsp3) is 0.188. The summed E-state index contributed by atoms with van der Waals surface area (Å²) in [4.78, 5) is 36.1. The van der Waals surface area contributed by atoms with Gasteiger partial charge in [-0.1, -0.05) is 15.9 Å². The first kappa shape index (κ1) is 18.2. The number of thiophene rings is 1. The summed E-state index contributed by atoms with van der Waals surface area (Å²) in [5.74, 6) is -0.740. The summed E-state index contributed by atoms with van der Waals surface area (Å²) in [5.41, 5.74) is 6.59. The number of ketones is 1. The molecule has 0 aliphatic carbocycles. The molecule has 0 aliphatic heterocycles. The van der Waals surface area contributed by atoms with Crippen LogP contribution in [0.5, 0.6) is 0 Å². The second-order valence-electron chi connectivity index (χ2n) is 4.98. The molecule has 3 N–H and O–H groups in total. The second-order valence-corrected chi connectivity index (χ2v) is 7.12. The van der Waals surface area contributed by atoms with Gasteiger partial charge in [0.2, 0.25) is 0 Å². The lowest BCUT2D eigenvalue weighted by atomic mass is 10.0. The Labute approximate surface area is 151 Å². The molecule has 0 aliphatic rings. The Kier molecular flexibility index (Phi) is 5.74. The van der Waals surface area contributed by atoms with Crippen LogP contribution in [0.3, 0.4) is 0 Å². The van der Waals surface area contributed by atoms with Gasteiger partial charge in [0.15, 0.2) is 12.4 Å². The van der Waals surface area contributed by atoms with E-state index < -0.39 is 18.6 Å². The predicted octanol–water partition coefficient (Wildman–Crippen LogP) is 3.39. The topological polar surface area (TPSA) is 98.5 Å². The second kappa shape index (κ2) is 7.59.